The Hall–Kier alpha value is -1.51. The summed E-state index contributed by atoms with van der Waals surface area (Å²) in [5, 5.41) is 13.8. The molecule has 1 atom stereocenters. The minimum absolute atomic E-state index is 0.0420. The summed E-state index contributed by atoms with van der Waals surface area (Å²) in [5.41, 5.74) is 0.506. The van der Waals surface area contributed by atoms with Crippen LogP contribution < -0.4 is 5.32 Å². The third-order valence-electron chi connectivity index (χ3n) is 3.61. The zero-order chi connectivity index (χ0) is 15.5. The SMILES string of the molecule is CN(CC1CCCN1)S(=O)(=O)Cc1ccc([N+](=O)[O-])cc1. The van der Waals surface area contributed by atoms with Crippen LogP contribution in [0.3, 0.4) is 0 Å². The van der Waals surface area contributed by atoms with Gasteiger partial charge in [-0.2, -0.15) is 0 Å². The molecule has 1 heterocycles. The summed E-state index contributed by atoms with van der Waals surface area (Å²) in [6.45, 7) is 1.39. The summed E-state index contributed by atoms with van der Waals surface area (Å²) in [5.74, 6) is -0.145. The molecule has 21 heavy (non-hydrogen) atoms. The van der Waals surface area contributed by atoms with Crippen molar-refractivity contribution in [2.45, 2.75) is 24.6 Å². The fourth-order valence-electron chi connectivity index (χ4n) is 2.37. The molecule has 1 aromatic carbocycles. The van der Waals surface area contributed by atoms with Crippen molar-refractivity contribution >= 4 is 15.7 Å². The molecule has 116 valence electrons. The predicted molar refractivity (Wildman–Crippen MR) is 79.4 cm³/mol. The maximum absolute atomic E-state index is 12.3. The fraction of sp³-hybridized carbons (Fsp3) is 0.538. The lowest BCUT2D eigenvalue weighted by Gasteiger charge is -2.21. The molecule has 7 nitrogen and oxygen atoms in total. The molecule has 0 radical (unpaired) electrons. The third kappa shape index (κ3) is 4.23. The molecule has 0 aromatic heterocycles. The Morgan fingerprint density at radius 2 is 2.05 bits per heavy atom. The quantitative estimate of drug-likeness (QED) is 0.627. The predicted octanol–water partition coefficient (Wildman–Crippen LogP) is 1.11. The molecule has 2 rings (SSSR count). The first-order valence-electron chi connectivity index (χ1n) is 6.79. The number of non-ortho nitro benzene ring substituents is 1. The highest BCUT2D eigenvalue weighted by molar-refractivity contribution is 7.88. The third-order valence-corrected chi connectivity index (χ3v) is 5.41. The molecule has 0 aliphatic carbocycles. The van der Waals surface area contributed by atoms with Crippen LogP contribution in [0.2, 0.25) is 0 Å². The Kier molecular flexibility index (Phi) is 4.92. The van der Waals surface area contributed by atoms with Gasteiger partial charge in [0.15, 0.2) is 0 Å². The van der Waals surface area contributed by atoms with E-state index in [2.05, 4.69) is 5.32 Å². The molecule has 1 saturated heterocycles. The van der Waals surface area contributed by atoms with Crippen molar-refractivity contribution in [3.8, 4) is 0 Å². The molecular weight excluding hydrogens is 294 g/mol. The van der Waals surface area contributed by atoms with Crippen LogP contribution in [-0.4, -0.2) is 43.8 Å². The van der Waals surface area contributed by atoms with Gasteiger partial charge in [-0.15, -0.1) is 0 Å². The van der Waals surface area contributed by atoms with Crippen molar-refractivity contribution in [2.75, 3.05) is 20.1 Å². The van der Waals surface area contributed by atoms with Crippen molar-refractivity contribution in [1.82, 2.24) is 9.62 Å². The fourth-order valence-corrected chi connectivity index (χ4v) is 3.61. The molecule has 1 aliphatic rings. The zero-order valence-corrected chi connectivity index (χ0v) is 12.7. The molecule has 8 heteroatoms. The number of sulfonamides is 1. The summed E-state index contributed by atoms with van der Waals surface area (Å²) in [6.07, 6.45) is 2.05. The smallest absolute Gasteiger partial charge is 0.269 e. The van der Waals surface area contributed by atoms with Crippen molar-refractivity contribution < 1.29 is 13.3 Å². The second-order valence-electron chi connectivity index (χ2n) is 5.25. The molecular formula is C13H19N3O4S. The van der Waals surface area contributed by atoms with E-state index >= 15 is 0 Å². The van der Waals surface area contributed by atoms with E-state index in [1.165, 1.54) is 28.6 Å². The highest BCUT2D eigenvalue weighted by atomic mass is 32.2. The van der Waals surface area contributed by atoms with Gasteiger partial charge in [-0.05, 0) is 24.9 Å². The van der Waals surface area contributed by atoms with Gasteiger partial charge in [-0.3, -0.25) is 10.1 Å². The molecule has 0 spiro atoms. The largest absolute Gasteiger partial charge is 0.313 e. The molecule has 1 aliphatic heterocycles. The first-order chi connectivity index (χ1) is 9.88. The number of hydrogen-bond acceptors (Lipinski definition) is 5. The maximum atomic E-state index is 12.3. The molecule has 0 bridgehead atoms. The highest BCUT2D eigenvalue weighted by Crippen LogP contribution is 2.16. The number of nitro groups is 1. The van der Waals surface area contributed by atoms with E-state index < -0.39 is 14.9 Å². The van der Waals surface area contributed by atoms with Crippen molar-refractivity contribution in [3.63, 3.8) is 0 Å². The van der Waals surface area contributed by atoms with Gasteiger partial charge in [-0.25, -0.2) is 12.7 Å². The van der Waals surface area contributed by atoms with Crippen LogP contribution in [0.25, 0.3) is 0 Å². The second kappa shape index (κ2) is 6.50. The van der Waals surface area contributed by atoms with E-state index in [0.717, 1.165) is 19.4 Å². The number of benzene rings is 1. The van der Waals surface area contributed by atoms with E-state index in [1.54, 1.807) is 7.05 Å². The summed E-state index contributed by atoms with van der Waals surface area (Å²) in [4.78, 5) is 10.1. The number of nitrogens with one attached hydrogen (secondary N) is 1. The van der Waals surface area contributed by atoms with Crippen LogP contribution in [0.15, 0.2) is 24.3 Å². The van der Waals surface area contributed by atoms with Crippen LogP contribution in [-0.2, 0) is 15.8 Å². The molecule has 0 amide bonds. The minimum atomic E-state index is -3.41. The average Bonchev–Trinajstić information content (AvgIpc) is 2.91. The van der Waals surface area contributed by atoms with Gasteiger partial charge >= 0.3 is 0 Å². The van der Waals surface area contributed by atoms with Crippen LogP contribution >= 0.6 is 0 Å². The Morgan fingerprint density at radius 3 is 2.57 bits per heavy atom. The lowest BCUT2D eigenvalue weighted by Crippen LogP contribution is -2.39. The van der Waals surface area contributed by atoms with Crippen LogP contribution in [0.4, 0.5) is 5.69 Å². The van der Waals surface area contributed by atoms with Gasteiger partial charge in [0.05, 0.1) is 10.7 Å². The summed E-state index contributed by atoms with van der Waals surface area (Å²) in [6, 6.07) is 5.82. The van der Waals surface area contributed by atoms with Gasteiger partial charge < -0.3 is 5.32 Å². The monoisotopic (exact) mass is 313 g/mol. The van der Waals surface area contributed by atoms with Crippen molar-refractivity contribution in [2.24, 2.45) is 0 Å². The number of hydrogen-bond donors (Lipinski definition) is 1. The maximum Gasteiger partial charge on any atom is 0.269 e. The van der Waals surface area contributed by atoms with E-state index in [9.17, 15) is 18.5 Å². The standard InChI is InChI=1S/C13H19N3O4S/c1-15(9-12-3-2-8-14-12)21(19,20)10-11-4-6-13(7-5-11)16(17)18/h4-7,12,14H,2-3,8-10H2,1H3. The Labute approximate surface area is 124 Å². The van der Waals surface area contributed by atoms with Gasteiger partial charge in [0.2, 0.25) is 10.0 Å². The van der Waals surface area contributed by atoms with Gasteiger partial charge in [-0.1, -0.05) is 12.1 Å². The number of rotatable bonds is 6. The molecule has 1 aromatic rings. The average molecular weight is 313 g/mol. The number of likely N-dealkylation sites (N-methyl/N-ethyl adjacent to an activating group) is 1. The Morgan fingerprint density at radius 1 is 1.38 bits per heavy atom. The molecule has 1 N–H and O–H groups in total. The second-order valence-corrected chi connectivity index (χ2v) is 7.33. The molecule has 0 saturated carbocycles. The Bertz CT molecular complexity index is 594. The van der Waals surface area contributed by atoms with Gasteiger partial charge in [0.25, 0.3) is 5.69 Å². The summed E-state index contributed by atoms with van der Waals surface area (Å²) < 4.78 is 25.9. The normalized spacial score (nSPS) is 19.0. The highest BCUT2D eigenvalue weighted by Gasteiger charge is 2.24. The van der Waals surface area contributed by atoms with Crippen molar-refractivity contribution in [1.29, 1.82) is 0 Å². The van der Waals surface area contributed by atoms with Crippen LogP contribution in [0.5, 0.6) is 0 Å². The number of nitro benzene ring substituents is 1. The summed E-state index contributed by atoms with van der Waals surface area (Å²) >= 11 is 0. The first kappa shape index (κ1) is 15.9. The van der Waals surface area contributed by atoms with Crippen LogP contribution in [0.1, 0.15) is 18.4 Å². The van der Waals surface area contributed by atoms with E-state index in [-0.39, 0.29) is 17.5 Å². The lowest BCUT2D eigenvalue weighted by atomic mass is 10.2. The van der Waals surface area contributed by atoms with Gasteiger partial charge in [0.1, 0.15) is 0 Å². The summed E-state index contributed by atoms with van der Waals surface area (Å²) in [7, 11) is -1.84. The molecule has 1 fully saturated rings. The van der Waals surface area contributed by atoms with Crippen LogP contribution in [0, 0.1) is 10.1 Å². The number of nitrogens with zero attached hydrogens (tertiary/aromatic N) is 2. The van der Waals surface area contributed by atoms with E-state index in [0.29, 0.717) is 12.1 Å². The first-order valence-corrected chi connectivity index (χ1v) is 8.40. The van der Waals surface area contributed by atoms with E-state index in [4.69, 9.17) is 0 Å². The lowest BCUT2D eigenvalue weighted by molar-refractivity contribution is -0.384. The zero-order valence-electron chi connectivity index (χ0n) is 11.9. The Balaban J connectivity index is 2.00. The topological polar surface area (TPSA) is 92.6 Å². The van der Waals surface area contributed by atoms with Gasteiger partial charge in [0, 0.05) is 31.8 Å². The minimum Gasteiger partial charge on any atom is -0.313 e. The van der Waals surface area contributed by atoms with E-state index in [1.807, 2.05) is 0 Å². The molecule has 1 unspecified atom stereocenters. The van der Waals surface area contributed by atoms with Crippen molar-refractivity contribution in [3.05, 3.63) is 39.9 Å².